The van der Waals surface area contributed by atoms with E-state index in [0.717, 1.165) is 12.8 Å². The number of fused-ring (bicyclic) bond motifs is 1. The van der Waals surface area contributed by atoms with E-state index in [2.05, 4.69) is 15.3 Å². The van der Waals surface area contributed by atoms with Gasteiger partial charge in [0.25, 0.3) is 5.91 Å². The third kappa shape index (κ3) is 2.65. The third-order valence-electron chi connectivity index (χ3n) is 6.30. The summed E-state index contributed by atoms with van der Waals surface area (Å²) in [6, 6.07) is 5.86. The maximum Gasteiger partial charge on any atom is 0.275 e. The molecule has 1 aliphatic heterocycles. The zero-order valence-electron chi connectivity index (χ0n) is 15.0. The van der Waals surface area contributed by atoms with Crippen molar-refractivity contribution in [2.75, 3.05) is 11.9 Å². The van der Waals surface area contributed by atoms with E-state index < -0.39 is 22.0 Å². The van der Waals surface area contributed by atoms with Crippen LogP contribution in [0, 0.1) is 17.8 Å². The van der Waals surface area contributed by atoms with Gasteiger partial charge in [0.1, 0.15) is 5.69 Å². The molecule has 0 radical (unpaired) electrons. The van der Waals surface area contributed by atoms with E-state index in [-0.39, 0.29) is 28.5 Å². The molecule has 1 aromatic heterocycles. The topological polar surface area (TPSA) is 112 Å². The van der Waals surface area contributed by atoms with Crippen LogP contribution in [-0.2, 0) is 10.0 Å². The van der Waals surface area contributed by atoms with Crippen LogP contribution in [0.5, 0.6) is 0 Å². The highest BCUT2D eigenvalue weighted by atomic mass is 32.2. The number of benzene rings is 1. The van der Waals surface area contributed by atoms with Gasteiger partial charge < -0.3 is 10.4 Å². The molecule has 0 spiro atoms. The number of nitrogens with zero attached hydrogens (tertiary/aromatic N) is 3. The highest BCUT2D eigenvalue weighted by Gasteiger charge is 2.61. The maximum absolute atomic E-state index is 13.3. The van der Waals surface area contributed by atoms with Crippen LogP contribution >= 0.6 is 0 Å². The zero-order valence-corrected chi connectivity index (χ0v) is 15.8. The first-order valence-electron chi connectivity index (χ1n) is 9.32. The van der Waals surface area contributed by atoms with Gasteiger partial charge >= 0.3 is 0 Å². The maximum atomic E-state index is 13.3. The predicted octanol–water partition coefficient (Wildman–Crippen LogP) is 1.12. The zero-order chi connectivity index (χ0) is 19.5. The fraction of sp³-hybridized carbons (Fsp3) is 0.421. The molecule has 5 atom stereocenters. The molecule has 2 saturated carbocycles. The predicted molar refractivity (Wildman–Crippen MR) is 99.8 cm³/mol. The monoisotopic (exact) mass is 400 g/mol. The van der Waals surface area contributed by atoms with Crippen LogP contribution in [-0.4, -0.2) is 52.4 Å². The highest BCUT2D eigenvalue weighted by Crippen LogP contribution is 2.56. The molecule has 5 rings (SSSR count). The van der Waals surface area contributed by atoms with Crippen molar-refractivity contribution in [3.05, 3.63) is 48.5 Å². The molecule has 9 heteroatoms. The number of aliphatic hydroxyl groups excluding tert-OH is 1. The third-order valence-corrected chi connectivity index (χ3v) is 8.16. The number of aromatic nitrogens is 2. The SMILES string of the molecule is O=C(Nc1cccc(S(=O)(=O)N2CC3CC4CC3C2C4O)c1)c1cnccn1. The van der Waals surface area contributed by atoms with Crippen molar-refractivity contribution in [2.24, 2.45) is 17.8 Å². The first-order chi connectivity index (χ1) is 13.4. The molecule has 5 unspecified atom stereocenters. The summed E-state index contributed by atoms with van der Waals surface area (Å²) in [4.78, 5) is 20.2. The van der Waals surface area contributed by atoms with Crippen molar-refractivity contribution < 1.29 is 18.3 Å². The Balaban J connectivity index is 1.41. The molecule has 1 amide bonds. The van der Waals surface area contributed by atoms with Gasteiger partial charge in [-0.05, 0) is 48.8 Å². The van der Waals surface area contributed by atoms with Crippen LogP contribution in [0.25, 0.3) is 0 Å². The minimum absolute atomic E-state index is 0.112. The van der Waals surface area contributed by atoms with Gasteiger partial charge in [-0.25, -0.2) is 13.4 Å². The van der Waals surface area contributed by atoms with Gasteiger partial charge in [-0.3, -0.25) is 9.78 Å². The normalized spacial score (nSPS) is 31.2. The number of nitrogens with one attached hydrogen (secondary N) is 1. The number of anilines is 1. The smallest absolute Gasteiger partial charge is 0.275 e. The van der Waals surface area contributed by atoms with Gasteiger partial charge in [-0.15, -0.1) is 0 Å². The van der Waals surface area contributed by atoms with E-state index in [1.165, 1.54) is 35.0 Å². The van der Waals surface area contributed by atoms with Crippen LogP contribution < -0.4 is 5.32 Å². The standard InChI is InChI=1S/C19H20N4O4S/c24-18-11-6-12-10-23(17(18)15(12)7-11)28(26,27)14-3-1-2-13(8-14)22-19(25)16-9-20-4-5-21-16/h1-5,8-9,11-12,15,17-18,24H,6-7,10H2,(H,22,25). The summed E-state index contributed by atoms with van der Waals surface area (Å²) in [6.45, 7) is 0.460. The Morgan fingerprint density at radius 2 is 2.07 bits per heavy atom. The summed E-state index contributed by atoms with van der Waals surface area (Å²) in [7, 11) is -3.76. The Morgan fingerprint density at radius 1 is 1.21 bits per heavy atom. The van der Waals surface area contributed by atoms with Crippen molar-refractivity contribution in [1.29, 1.82) is 0 Å². The largest absolute Gasteiger partial charge is 0.391 e. The Kier molecular flexibility index (Phi) is 4.01. The van der Waals surface area contributed by atoms with Gasteiger partial charge in [0.15, 0.2) is 0 Å². The molecule has 1 aromatic carbocycles. The van der Waals surface area contributed by atoms with E-state index >= 15 is 0 Å². The molecule has 2 aliphatic carbocycles. The molecule has 8 nitrogen and oxygen atoms in total. The van der Waals surface area contributed by atoms with E-state index in [4.69, 9.17) is 0 Å². The molecule has 2 N–H and O–H groups in total. The van der Waals surface area contributed by atoms with Crippen molar-refractivity contribution in [3.8, 4) is 0 Å². The summed E-state index contributed by atoms with van der Waals surface area (Å²) in [5, 5.41) is 13.2. The van der Waals surface area contributed by atoms with E-state index in [0.29, 0.717) is 18.2 Å². The van der Waals surface area contributed by atoms with Gasteiger partial charge in [-0.1, -0.05) is 6.07 Å². The average Bonchev–Trinajstić information content (AvgIpc) is 3.32. The number of sulfonamides is 1. The highest BCUT2D eigenvalue weighted by molar-refractivity contribution is 7.89. The van der Waals surface area contributed by atoms with Crippen molar-refractivity contribution in [2.45, 2.75) is 29.9 Å². The quantitative estimate of drug-likeness (QED) is 0.795. The molecule has 2 bridgehead atoms. The summed E-state index contributed by atoms with van der Waals surface area (Å²) in [5.41, 5.74) is 0.510. The molecule has 2 aromatic rings. The van der Waals surface area contributed by atoms with Crippen LogP contribution in [0.15, 0.2) is 47.8 Å². The second-order valence-corrected chi connectivity index (χ2v) is 9.67. The van der Waals surface area contributed by atoms with E-state index in [1.807, 2.05) is 0 Å². The number of carbonyl (C=O) groups excluding carboxylic acids is 1. The summed E-state index contributed by atoms with van der Waals surface area (Å²) < 4.78 is 28.0. The van der Waals surface area contributed by atoms with Crippen LogP contribution in [0.2, 0.25) is 0 Å². The molecule has 2 heterocycles. The van der Waals surface area contributed by atoms with Crippen LogP contribution in [0.3, 0.4) is 0 Å². The van der Waals surface area contributed by atoms with E-state index in [9.17, 15) is 18.3 Å². The Morgan fingerprint density at radius 3 is 2.82 bits per heavy atom. The number of rotatable bonds is 4. The lowest BCUT2D eigenvalue weighted by atomic mass is 9.88. The first-order valence-corrected chi connectivity index (χ1v) is 10.8. The van der Waals surface area contributed by atoms with Crippen molar-refractivity contribution in [1.82, 2.24) is 14.3 Å². The number of aliphatic hydroxyl groups is 1. The minimum atomic E-state index is -3.76. The molecule has 28 heavy (non-hydrogen) atoms. The number of carbonyl (C=O) groups is 1. The molecule has 1 saturated heterocycles. The lowest BCUT2D eigenvalue weighted by molar-refractivity contribution is 0.0731. The second-order valence-electron chi connectivity index (χ2n) is 7.78. The molecular formula is C19H20N4O4S. The average molecular weight is 400 g/mol. The van der Waals surface area contributed by atoms with Crippen LogP contribution in [0.4, 0.5) is 5.69 Å². The number of hydrogen-bond acceptors (Lipinski definition) is 6. The second kappa shape index (κ2) is 6.33. The van der Waals surface area contributed by atoms with E-state index in [1.54, 1.807) is 12.1 Å². The Labute approximate surface area is 162 Å². The summed E-state index contributed by atoms with van der Waals surface area (Å²) >= 11 is 0. The Bertz CT molecular complexity index is 1030. The van der Waals surface area contributed by atoms with Crippen molar-refractivity contribution in [3.63, 3.8) is 0 Å². The Hall–Kier alpha value is -2.36. The number of amides is 1. The molecule has 3 fully saturated rings. The number of hydrogen-bond donors (Lipinski definition) is 2. The fourth-order valence-electron chi connectivity index (χ4n) is 5.12. The van der Waals surface area contributed by atoms with Gasteiger partial charge in [0, 0.05) is 24.6 Å². The van der Waals surface area contributed by atoms with Gasteiger partial charge in [0.05, 0.1) is 23.2 Å². The minimum Gasteiger partial charge on any atom is -0.391 e. The summed E-state index contributed by atoms with van der Waals surface area (Å²) in [5.74, 6) is 0.357. The fourth-order valence-corrected chi connectivity index (χ4v) is 6.90. The first kappa shape index (κ1) is 17.7. The summed E-state index contributed by atoms with van der Waals surface area (Å²) in [6.07, 6.45) is 5.46. The molecule has 3 aliphatic rings. The van der Waals surface area contributed by atoms with Gasteiger partial charge in [0.2, 0.25) is 10.0 Å². The van der Waals surface area contributed by atoms with Gasteiger partial charge in [-0.2, -0.15) is 4.31 Å². The molecular weight excluding hydrogens is 380 g/mol. The molecule has 146 valence electrons. The van der Waals surface area contributed by atoms with Crippen molar-refractivity contribution >= 4 is 21.6 Å². The lowest BCUT2D eigenvalue weighted by Crippen LogP contribution is -2.43. The van der Waals surface area contributed by atoms with Crippen LogP contribution in [0.1, 0.15) is 23.3 Å². The lowest BCUT2D eigenvalue weighted by Gasteiger charge is -2.28.